The second-order valence-corrected chi connectivity index (χ2v) is 4.13. The first kappa shape index (κ1) is 11.4. The summed E-state index contributed by atoms with van der Waals surface area (Å²) < 4.78 is 1.55. The highest BCUT2D eigenvalue weighted by molar-refractivity contribution is 5.95. The second kappa shape index (κ2) is 4.52. The van der Waals surface area contributed by atoms with E-state index in [4.69, 9.17) is 0 Å². The molecule has 0 aliphatic heterocycles. The molecule has 3 heterocycles. The Bertz CT molecular complexity index is 715. The van der Waals surface area contributed by atoms with Gasteiger partial charge in [-0.25, -0.2) is 9.50 Å². The fourth-order valence-corrected chi connectivity index (χ4v) is 1.86. The van der Waals surface area contributed by atoms with E-state index in [0.717, 1.165) is 5.56 Å². The summed E-state index contributed by atoms with van der Waals surface area (Å²) >= 11 is 0. The van der Waals surface area contributed by atoms with Crippen LogP contribution in [0.25, 0.3) is 5.78 Å². The lowest BCUT2D eigenvalue weighted by atomic mass is 10.2. The van der Waals surface area contributed by atoms with E-state index in [1.807, 2.05) is 25.4 Å². The summed E-state index contributed by atoms with van der Waals surface area (Å²) in [4.78, 5) is 23.1. The quantitative estimate of drug-likeness (QED) is 0.721. The number of aryl methyl sites for hydroxylation is 1. The maximum atomic E-state index is 12.1. The molecule has 0 aromatic carbocycles. The predicted molar refractivity (Wildman–Crippen MR) is 67.5 cm³/mol. The van der Waals surface area contributed by atoms with E-state index in [1.165, 1.54) is 12.5 Å². The van der Waals surface area contributed by atoms with Crippen molar-refractivity contribution in [2.45, 2.75) is 13.5 Å². The molecular weight excluding hydrogens is 244 g/mol. The van der Waals surface area contributed by atoms with E-state index in [2.05, 4.69) is 25.4 Å². The molecule has 0 saturated carbocycles. The van der Waals surface area contributed by atoms with Crippen LogP contribution in [0.3, 0.4) is 0 Å². The number of aromatic amines is 1. The highest BCUT2D eigenvalue weighted by Crippen LogP contribution is 2.07. The van der Waals surface area contributed by atoms with Crippen molar-refractivity contribution in [2.24, 2.45) is 0 Å². The Kier molecular flexibility index (Phi) is 2.71. The van der Waals surface area contributed by atoms with Gasteiger partial charge in [-0.15, -0.1) is 0 Å². The topological polar surface area (TPSA) is 88.0 Å². The lowest BCUT2D eigenvalue weighted by Crippen LogP contribution is -2.24. The van der Waals surface area contributed by atoms with E-state index < -0.39 is 0 Å². The van der Waals surface area contributed by atoms with E-state index in [0.29, 0.717) is 23.6 Å². The number of amides is 1. The van der Waals surface area contributed by atoms with Crippen LogP contribution >= 0.6 is 0 Å². The van der Waals surface area contributed by atoms with Gasteiger partial charge in [0.2, 0.25) is 0 Å². The summed E-state index contributed by atoms with van der Waals surface area (Å²) in [7, 11) is 0. The fourth-order valence-electron chi connectivity index (χ4n) is 1.86. The lowest BCUT2D eigenvalue weighted by molar-refractivity contribution is 0.0949. The molecule has 0 bridgehead atoms. The van der Waals surface area contributed by atoms with Crippen LogP contribution in [0.5, 0.6) is 0 Å². The zero-order valence-electron chi connectivity index (χ0n) is 10.3. The van der Waals surface area contributed by atoms with Crippen LogP contribution in [0, 0.1) is 6.92 Å². The largest absolute Gasteiger partial charge is 0.367 e. The molecule has 0 spiro atoms. The minimum absolute atomic E-state index is 0.177. The molecule has 2 N–H and O–H groups in total. The predicted octanol–water partition coefficient (Wildman–Crippen LogP) is 0.691. The van der Waals surface area contributed by atoms with Gasteiger partial charge in [0.1, 0.15) is 6.33 Å². The van der Waals surface area contributed by atoms with Crippen molar-refractivity contribution in [1.29, 1.82) is 0 Å². The first-order valence-corrected chi connectivity index (χ1v) is 5.81. The molecule has 0 saturated heterocycles. The van der Waals surface area contributed by atoms with Gasteiger partial charge >= 0.3 is 0 Å². The monoisotopic (exact) mass is 256 g/mol. The van der Waals surface area contributed by atoms with Gasteiger partial charge in [0, 0.05) is 25.1 Å². The van der Waals surface area contributed by atoms with Crippen LogP contribution in [-0.2, 0) is 6.54 Å². The van der Waals surface area contributed by atoms with Crippen LogP contribution < -0.4 is 5.32 Å². The van der Waals surface area contributed by atoms with Crippen LogP contribution in [0.1, 0.15) is 21.6 Å². The number of carbonyl (C=O) groups excluding carboxylic acids is 1. The summed E-state index contributed by atoms with van der Waals surface area (Å²) in [6, 6.07) is 1.91. The third-order valence-electron chi connectivity index (χ3n) is 2.91. The highest BCUT2D eigenvalue weighted by Gasteiger charge is 2.13. The van der Waals surface area contributed by atoms with Crippen molar-refractivity contribution < 1.29 is 4.79 Å². The normalized spacial score (nSPS) is 10.8. The molecule has 19 heavy (non-hydrogen) atoms. The highest BCUT2D eigenvalue weighted by atomic mass is 16.1. The van der Waals surface area contributed by atoms with Gasteiger partial charge in [0.15, 0.2) is 0 Å². The number of fused-ring (bicyclic) bond motifs is 1. The number of H-pyrrole nitrogens is 1. The summed E-state index contributed by atoms with van der Waals surface area (Å²) in [5, 5.41) is 6.87. The van der Waals surface area contributed by atoms with Crippen LogP contribution in [0.2, 0.25) is 0 Å². The number of nitrogens with zero attached hydrogens (tertiary/aromatic N) is 4. The van der Waals surface area contributed by atoms with E-state index in [1.54, 1.807) is 4.52 Å². The van der Waals surface area contributed by atoms with Crippen molar-refractivity contribution in [1.82, 2.24) is 29.9 Å². The summed E-state index contributed by atoms with van der Waals surface area (Å²) in [5.41, 5.74) is 2.23. The zero-order valence-corrected chi connectivity index (χ0v) is 10.3. The van der Waals surface area contributed by atoms with Gasteiger partial charge in [0.25, 0.3) is 11.7 Å². The zero-order chi connectivity index (χ0) is 13.2. The molecule has 0 fully saturated rings. The minimum atomic E-state index is -0.177. The van der Waals surface area contributed by atoms with E-state index in [9.17, 15) is 4.79 Å². The summed E-state index contributed by atoms with van der Waals surface area (Å²) in [6.45, 7) is 2.28. The molecule has 96 valence electrons. The lowest BCUT2D eigenvalue weighted by Gasteiger charge is -2.07. The third-order valence-corrected chi connectivity index (χ3v) is 2.91. The average Bonchev–Trinajstić information content (AvgIpc) is 3.07. The Hall–Kier alpha value is -2.70. The molecular formula is C12H12N6O. The van der Waals surface area contributed by atoms with Gasteiger partial charge in [-0.2, -0.15) is 10.1 Å². The molecule has 3 rings (SSSR count). The molecule has 7 heteroatoms. The Morgan fingerprint density at radius 1 is 1.47 bits per heavy atom. The maximum absolute atomic E-state index is 12.1. The number of hydrogen-bond donors (Lipinski definition) is 2. The van der Waals surface area contributed by atoms with Crippen molar-refractivity contribution >= 4 is 11.7 Å². The minimum Gasteiger partial charge on any atom is -0.367 e. The molecule has 3 aromatic heterocycles. The molecule has 0 aliphatic carbocycles. The molecule has 1 amide bonds. The SMILES string of the molecule is Cc1c(C(=O)NCc2cc[nH]c2)cnc2ncnn12. The molecule has 7 nitrogen and oxygen atoms in total. The van der Waals surface area contributed by atoms with Crippen molar-refractivity contribution in [3.8, 4) is 0 Å². The van der Waals surface area contributed by atoms with Gasteiger partial charge in [-0.05, 0) is 18.6 Å². The van der Waals surface area contributed by atoms with Crippen molar-refractivity contribution in [3.05, 3.63) is 47.8 Å². The van der Waals surface area contributed by atoms with Crippen molar-refractivity contribution in [2.75, 3.05) is 0 Å². The number of hydrogen-bond acceptors (Lipinski definition) is 4. The van der Waals surface area contributed by atoms with Crippen molar-refractivity contribution in [3.63, 3.8) is 0 Å². The van der Waals surface area contributed by atoms with Gasteiger partial charge in [0.05, 0.1) is 11.3 Å². The smallest absolute Gasteiger partial charge is 0.254 e. The Morgan fingerprint density at radius 2 is 2.37 bits per heavy atom. The van der Waals surface area contributed by atoms with Gasteiger partial charge in [-0.1, -0.05) is 0 Å². The third kappa shape index (κ3) is 2.05. The number of nitrogens with one attached hydrogen (secondary N) is 2. The fraction of sp³-hybridized carbons (Fsp3) is 0.167. The summed E-state index contributed by atoms with van der Waals surface area (Å²) in [6.07, 6.45) is 6.59. The first-order valence-electron chi connectivity index (χ1n) is 5.81. The number of aromatic nitrogens is 5. The molecule has 3 aromatic rings. The molecule has 0 radical (unpaired) electrons. The first-order chi connectivity index (χ1) is 9.25. The van der Waals surface area contributed by atoms with Gasteiger partial charge in [-0.3, -0.25) is 4.79 Å². The van der Waals surface area contributed by atoms with Crippen LogP contribution in [0.15, 0.2) is 31.0 Å². The second-order valence-electron chi connectivity index (χ2n) is 4.13. The Morgan fingerprint density at radius 3 is 3.16 bits per heavy atom. The number of rotatable bonds is 3. The summed E-state index contributed by atoms with van der Waals surface area (Å²) in [5.74, 6) is 0.309. The van der Waals surface area contributed by atoms with Crippen LogP contribution in [0.4, 0.5) is 0 Å². The van der Waals surface area contributed by atoms with E-state index >= 15 is 0 Å². The number of carbonyl (C=O) groups is 1. The molecule has 0 unspecified atom stereocenters. The molecule has 0 aliphatic rings. The maximum Gasteiger partial charge on any atom is 0.254 e. The van der Waals surface area contributed by atoms with Crippen LogP contribution in [-0.4, -0.2) is 30.5 Å². The average molecular weight is 256 g/mol. The molecule has 0 atom stereocenters. The Labute approximate surface area is 108 Å². The Balaban J connectivity index is 1.83. The van der Waals surface area contributed by atoms with E-state index in [-0.39, 0.29) is 5.91 Å². The standard InChI is InChI=1S/C12H12N6O/c1-8-10(6-15-12-16-7-17-18(8)12)11(19)14-5-9-2-3-13-4-9/h2-4,6-7,13H,5H2,1H3,(H,14,19). The van der Waals surface area contributed by atoms with Gasteiger partial charge < -0.3 is 10.3 Å².